The molecule has 22 heavy (non-hydrogen) atoms. The number of carbonyl (C=O) groups excluding carboxylic acids is 2. The number of rotatable bonds is 3. The second-order valence-corrected chi connectivity index (χ2v) is 5.44. The minimum absolute atomic E-state index is 0.0608. The van der Waals surface area contributed by atoms with Crippen molar-refractivity contribution in [1.82, 2.24) is 10.9 Å². The van der Waals surface area contributed by atoms with E-state index in [2.05, 4.69) is 10.9 Å². The van der Waals surface area contributed by atoms with Gasteiger partial charge in [-0.15, -0.1) is 0 Å². The number of allylic oxidation sites excluding steroid dienone is 2. The summed E-state index contributed by atoms with van der Waals surface area (Å²) >= 11 is 0. The van der Waals surface area contributed by atoms with Crippen LogP contribution in [0.5, 0.6) is 0 Å². The number of nitrogens with one attached hydrogen (secondary N) is 2. The molecule has 1 aliphatic carbocycles. The number of aliphatic carboxylic acids is 1. The summed E-state index contributed by atoms with van der Waals surface area (Å²) in [6.45, 7) is 3.76. The van der Waals surface area contributed by atoms with Gasteiger partial charge in [0.15, 0.2) is 5.76 Å². The van der Waals surface area contributed by atoms with E-state index < -0.39 is 29.6 Å². The standard InChI is InChI=1S/C15H18N2O5/c1-8-6-10(11(15(20)21)7-9(8)2)13(18)16-17-14(19)12-4-3-5-22-12/h3-5,10-11H,6-7H2,1-2H3,(H,16,18)(H,17,19)(H,20,21)/t10-,11-/m0/s1. The zero-order valence-corrected chi connectivity index (χ0v) is 12.4. The molecule has 118 valence electrons. The lowest BCUT2D eigenvalue weighted by Crippen LogP contribution is -2.48. The number of hydrazine groups is 1. The smallest absolute Gasteiger partial charge is 0.307 e. The van der Waals surface area contributed by atoms with Crippen molar-refractivity contribution in [3.8, 4) is 0 Å². The topological polar surface area (TPSA) is 109 Å². The molecule has 1 aliphatic rings. The Morgan fingerprint density at radius 1 is 1.14 bits per heavy atom. The molecular formula is C15H18N2O5. The predicted molar refractivity (Wildman–Crippen MR) is 76.5 cm³/mol. The number of carboxylic acid groups (broad SMARTS) is 1. The summed E-state index contributed by atoms with van der Waals surface area (Å²) in [4.78, 5) is 35.2. The van der Waals surface area contributed by atoms with E-state index >= 15 is 0 Å². The molecule has 1 heterocycles. The van der Waals surface area contributed by atoms with E-state index in [0.717, 1.165) is 11.1 Å². The summed E-state index contributed by atoms with van der Waals surface area (Å²) < 4.78 is 4.90. The van der Waals surface area contributed by atoms with Crippen LogP contribution in [-0.2, 0) is 9.59 Å². The molecular weight excluding hydrogens is 288 g/mol. The van der Waals surface area contributed by atoms with Gasteiger partial charge in [-0.25, -0.2) is 0 Å². The SMILES string of the molecule is CC1=C(C)C[C@H](C(=O)NNC(=O)c2ccco2)[C@@H](C(=O)O)C1. The number of hydrogen-bond acceptors (Lipinski definition) is 4. The maximum Gasteiger partial charge on any atom is 0.307 e. The Hall–Kier alpha value is -2.57. The first kappa shape index (κ1) is 15.8. The van der Waals surface area contributed by atoms with Gasteiger partial charge in [-0.05, 0) is 38.8 Å². The highest BCUT2D eigenvalue weighted by Crippen LogP contribution is 2.34. The fourth-order valence-corrected chi connectivity index (χ4v) is 2.51. The second-order valence-electron chi connectivity index (χ2n) is 5.44. The van der Waals surface area contributed by atoms with Crippen LogP contribution >= 0.6 is 0 Å². The maximum absolute atomic E-state index is 12.2. The number of furan rings is 1. The number of carboxylic acids is 1. The maximum atomic E-state index is 12.2. The van der Waals surface area contributed by atoms with Gasteiger partial charge in [0.05, 0.1) is 18.1 Å². The molecule has 2 amide bonds. The first-order valence-electron chi connectivity index (χ1n) is 6.92. The Labute approximate surface area is 127 Å². The monoisotopic (exact) mass is 306 g/mol. The molecule has 0 saturated heterocycles. The molecule has 0 unspecified atom stereocenters. The molecule has 2 rings (SSSR count). The van der Waals surface area contributed by atoms with E-state index in [1.54, 1.807) is 6.07 Å². The summed E-state index contributed by atoms with van der Waals surface area (Å²) in [5, 5.41) is 9.28. The van der Waals surface area contributed by atoms with Crippen molar-refractivity contribution in [2.24, 2.45) is 11.8 Å². The van der Waals surface area contributed by atoms with E-state index in [0.29, 0.717) is 12.8 Å². The van der Waals surface area contributed by atoms with Crippen LogP contribution in [0.3, 0.4) is 0 Å². The zero-order valence-electron chi connectivity index (χ0n) is 12.4. The van der Waals surface area contributed by atoms with Crippen molar-refractivity contribution in [3.05, 3.63) is 35.3 Å². The average molecular weight is 306 g/mol. The number of amides is 2. The molecule has 0 fully saturated rings. The summed E-state index contributed by atoms with van der Waals surface area (Å²) in [6, 6.07) is 3.01. The van der Waals surface area contributed by atoms with Crippen LogP contribution in [0.25, 0.3) is 0 Å². The van der Waals surface area contributed by atoms with Crippen LogP contribution in [0.1, 0.15) is 37.2 Å². The number of carbonyl (C=O) groups is 3. The minimum Gasteiger partial charge on any atom is -0.481 e. The largest absolute Gasteiger partial charge is 0.481 e. The molecule has 0 aliphatic heterocycles. The highest BCUT2D eigenvalue weighted by Gasteiger charge is 2.37. The lowest BCUT2D eigenvalue weighted by molar-refractivity contribution is -0.147. The second kappa shape index (κ2) is 6.46. The summed E-state index contributed by atoms with van der Waals surface area (Å²) in [7, 11) is 0. The van der Waals surface area contributed by atoms with E-state index in [1.165, 1.54) is 12.3 Å². The fraction of sp³-hybridized carbons (Fsp3) is 0.400. The van der Waals surface area contributed by atoms with Crippen molar-refractivity contribution in [3.63, 3.8) is 0 Å². The first-order valence-corrected chi connectivity index (χ1v) is 6.92. The Morgan fingerprint density at radius 2 is 1.77 bits per heavy atom. The van der Waals surface area contributed by atoms with Gasteiger partial charge in [0.1, 0.15) is 0 Å². The van der Waals surface area contributed by atoms with Gasteiger partial charge in [0.25, 0.3) is 0 Å². The summed E-state index contributed by atoms with van der Waals surface area (Å²) in [5.41, 5.74) is 6.51. The van der Waals surface area contributed by atoms with Gasteiger partial charge in [-0.3, -0.25) is 25.2 Å². The van der Waals surface area contributed by atoms with Crippen molar-refractivity contribution in [2.45, 2.75) is 26.7 Å². The van der Waals surface area contributed by atoms with Crippen molar-refractivity contribution >= 4 is 17.8 Å². The highest BCUT2D eigenvalue weighted by atomic mass is 16.4. The van der Waals surface area contributed by atoms with Crippen LogP contribution in [-0.4, -0.2) is 22.9 Å². The van der Waals surface area contributed by atoms with E-state index in [1.807, 2.05) is 13.8 Å². The lowest BCUT2D eigenvalue weighted by atomic mass is 9.76. The van der Waals surface area contributed by atoms with Gasteiger partial charge in [0, 0.05) is 0 Å². The first-order chi connectivity index (χ1) is 10.4. The summed E-state index contributed by atoms with van der Waals surface area (Å²) in [5.74, 6) is -3.55. The van der Waals surface area contributed by atoms with Crippen molar-refractivity contribution < 1.29 is 23.9 Å². The molecule has 0 spiro atoms. The lowest BCUT2D eigenvalue weighted by Gasteiger charge is -2.29. The third-order valence-corrected chi connectivity index (χ3v) is 3.96. The predicted octanol–water partition coefficient (Wildman–Crippen LogP) is 1.49. The van der Waals surface area contributed by atoms with E-state index in [4.69, 9.17) is 4.42 Å². The van der Waals surface area contributed by atoms with Crippen LogP contribution < -0.4 is 10.9 Å². The molecule has 7 nitrogen and oxygen atoms in total. The van der Waals surface area contributed by atoms with Crippen LogP contribution in [0.2, 0.25) is 0 Å². The Morgan fingerprint density at radius 3 is 2.32 bits per heavy atom. The van der Waals surface area contributed by atoms with Gasteiger partial charge in [-0.1, -0.05) is 11.1 Å². The van der Waals surface area contributed by atoms with Crippen LogP contribution in [0.4, 0.5) is 0 Å². The van der Waals surface area contributed by atoms with Gasteiger partial charge < -0.3 is 9.52 Å². The van der Waals surface area contributed by atoms with E-state index in [-0.39, 0.29) is 5.76 Å². The van der Waals surface area contributed by atoms with Gasteiger partial charge >= 0.3 is 11.9 Å². The Balaban J connectivity index is 2.01. The number of hydrogen-bond donors (Lipinski definition) is 3. The van der Waals surface area contributed by atoms with Crippen molar-refractivity contribution in [1.29, 1.82) is 0 Å². The third-order valence-electron chi connectivity index (χ3n) is 3.96. The molecule has 1 aromatic rings. The van der Waals surface area contributed by atoms with Crippen LogP contribution in [0.15, 0.2) is 34.0 Å². The third kappa shape index (κ3) is 3.36. The molecule has 0 aromatic carbocycles. The average Bonchev–Trinajstić information content (AvgIpc) is 3.00. The Kier molecular flexibility index (Phi) is 4.65. The quantitative estimate of drug-likeness (QED) is 0.579. The Bertz CT molecular complexity index is 618. The van der Waals surface area contributed by atoms with Crippen LogP contribution in [0, 0.1) is 11.8 Å². The minimum atomic E-state index is -1.01. The molecule has 1 aromatic heterocycles. The van der Waals surface area contributed by atoms with Gasteiger partial charge in [0.2, 0.25) is 5.91 Å². The highest BCUT2D eigenvalue weighted by molar-refractivity contribution is 5.93. The molecule has 0 radical (unpaired) electrons. The molecule has 3 N–H and O–H groups in total. The van der Waals surface area contributed by atoms with Gasteiger partial charge in [-0.2, -0.15) is 0 Å². The molecule has 7 heteroatoms. The molecule has 0 bridgehead atoms. The normalized spacial score (nSPS) is 21.4. The molecule has 0 saturated carbocycles. The zero-order chi connectivity index (χ0) is 16.3. The fourth-order valence-electron chi connectivity index (χ4n) is 2.51. The van der Waals surface area contributed by atoms with Crippen molar-refractivity contribution in [2.75, 3.05) is 0 Å². The van der Waals surface area contributed by atoms with E-state index in [9.17, 15) is 19.5 Å². The molecule has 2 atom stereocenters. The summed E-state index contributed by atoms with van der Waals surface area (Å²) in [6.07, 6.45) is 2.05.